The maximum Gasteiger partial charge on any atom is 0.254 e. The van der Waals surface area contributed by atoms with Crippen molar-refractivity contribution in [2.75, 3.05) is 13.2 Å². The molecule has 1 amide bonds. The van der Waals surface area contributed by atoms with Gasteiger partial charge in [-0.15, -0.1) is 0 Å². The van der Waals surface area contributed by atoms with E-state index in [1.165, 1.54) is 0 Å². The van der Waals surface area contributed by atoms with Crippen LogP contribution in [0.25, 0.3) is 0 Å². The summed E-state index contributed by atoms with van der Waals surface area (Å²) in [6, 6.07) is 7.85. The van der Waals surface area contributed by atoms with Crippen LogP contribution < -0.4 is 0 Å². The monoisotopic (exact) mass is 305 g/mol. The van der Waals surface area contributed by atoms with Crippen LogP contribution in [0.3, 0.4) is 0 Å². The molecule has 1 aliphatic heterocycles. The van der Waals surface area contributed by atoms with Gasteiger partial charge in [0.2, 0.25) is 0 Å². The van der Waals surface area contributed by atoms with Gasteiger partial charge in [0.1, 0.15) is 0 Å². The fraction of sp³-hybridized carbons (Fsp3) is 0.611. The van der Waals surface area contributed by atoms with E-state index in [4.69, 9.17) is 5.11 Å². The van der Waals surface area contributed by atoms with Crippen LogP contribution in [0.4, 0.5) is 0 Å². The third-order valence-corrected chi connectivity index (χ3v) is 4.33. The zero-order chi connectivity index (χ0) is 16.2. The van der Waals surface area contributed by atoms with Gasteiger partial charge in [-0.1, -0.05) is 12.1 Å². The lowest BCUT2D eigenvalue weighted by Crippen LogP contribution is -2.36. The van der Waals surface area contributed by atoms with Crippen LogP contribution in [0, 0.1) is 0 Å². The fourth-order valence-corrected chi connectivity index (χ4v) is 2.98. The first-order valence-electron chi connectivity index (χ1n) is 8.14. The molecule has 1 saturated heterocycles. The van der Waals surface area contributed by atoms with Crippen LogP contribution in [0.5, 0.6) is 0 Å². The van der Waals surface area contributed by atoms with Crippen LogP contribution in [0.2, 0.25) is 0 Å². The molecule has 22 heavy (non-hydrogen) atoms. The molecule has 2 N–H and O–H groups in total. The average molecular weight is 305 g/mol. The summed E-state index contributed by atoms with van der Waals surface area (Å²) in [5, 5.41) is 18.9. The molecule has 4 nitrogen and oxygen atoms in total. The normalized spacial score (nSPS) is 18.7. The van der Waals surface area contributed by atoms with E-state index in [9.17, 15) is 9.90 Å². The van der Waals surface area contributed by atoms with E-state index in [-0.39, 0.29) is 18.6 Å². The van der Waals surface area contributed by atoms with Gasteiger partial charge >= 0.3 is 0 Å². The molecule has 1 aromatic carbocycles. The first kappa shape index (κ1) is 17.0. The molecule has 0 radical (unpaired) electrons. The minimum Gasteiger partial charge on any atom is -0.396 e. The second kappa shape index (κ2) is 7.25. The van der Waals surface area contributed by atoms with Crippen LogP contribution in [0.1, 0.15) is 55.5 Å². The fourth-order valence-electron chi connectivity index (χ4n) is 2.98. The number of nitrogens with zero attached hydrogens (tertiary/aromatic N) is 1. The Morgan fingerprint density at radius 3 is 2.59 bits per heavy atom. The number of hydrogen-bond acceptors (Lipinski definition) is 3. The van der Waals surface area contributed by atoms with Crippen molar-refractivity contribution in [3.05, 3.63) is 35.4 Å². The van der Waals surface area contributed by atoms with Crippen molar-refractivity contribution in [2.24, 2.45) is 0 Å². The SMILES string of the molecule is CC(C)(O)CCc1ccc(C(=O)N2CCCC2CCO)cc1. The number of likely N-dealkylation sites (tertiary alicyclic amines) is 1. The highest BCUT2D eigenvalue weighted by Gasteiger charge is 2.28. The van der Waals surface area contributed by atoms with Gasteiger partial charge < -0.3 is 15.1 Å². The summed E-state index contributed by atoms with van der Waals surface area (Å²) >= 11 is 0. The number of hydrogen-bond donors (Lipinski definition) is 2. The minimum atomic E-state index is -0.665. The van der Waals surface area contributed by atoms with E-state index in [0.29, 0.717) is 18.4 Å². The first-order valence-corrected chi connectivity index (χ1v) is 8.14. The van der Waals surface area contributed by atoms with Crippen molar-refractivity contribution in [3.63, 3.8) is 0 Å². The van der Waals surface area contributed by atoms with Crippen LogP contribution in [-0.2, 0) is 6.42 Å². The maximum atomic E-state index is 12.6. The van der Waals surface area contributed by atoms with Gasteiger partial charge in [-0.3, -0.25) is 4.79 Å². The zero-order valence-corrected chi connectivity index (χ0v) is 13.6. The number of aryl methyl sites for hydroxylation is 1. The summed E-state index contributed by atoms with van der Waals surface area (Å²) in [5.41, 5.74) is 1.17. The highest BCUT2D eigenvalue weighted by molar-refractivity contribution is 5.94. The molecular formula is C18H27NO3. The van der Waals surface area contributed by atoms with E-state index in [1.807, 2.05) is 29.2 Å². The van der Waals surface area contributed by atoms with Crippen molar-refractivity contribution < 1.29 is 15.0 Å². The van der Waals surface area contributed by atoms with Gasteiger partial charge in [-0.2, -0.15) is 0 Å². The molecule has 1 aromatic rings. The Balaban J connectivity index is 1.99. The van der Waals surface area contributed by atoms with Gasteiger partial charge in [0.05, 0.1) is 5.60 Å². The van der Waals surface area contributed by atoms with E-state index in [1.54, 1.807) is 13.8 Å². The average Bonchev–Trinajstić information content (AvgIpc) is 2.93. The number of carbonyl (C=O) groups excluding carboxylic acids is 1. The molecule has 0 spiro atoms. The molecule has 0 bridgehead atoms. The summed E-state index contributed by atoms with van der Waals surface area (Å²) in [6.07, 6.45) is 4.16. The van der Waals surface area contributed by atoms with Crippen LogP contribution >= 0.6 is 0 Å². The zero-order valence-electron chi connectivity index (χ0n) is 13.6. The number of aliphatic hydroxyl groups excluding tert-OH is 1. The Hall–Kier alpha value is -1.39. The van der Waals surface area contributed by atoms with Crippen molar-refractivity contribution >= 4 is 5.91 Å². The molecule has 4 heteroatoms. The molecule has 1 unspecified atom stereocenters. The van der Waals surface area contributed by atoms with E-state index in [0.717, 1.165) is 31.4 Å². The number of rotatable bonds is 6. The van der Waals surface area contributed by atoms with E-state index >= 15 is 0 Å². The molecule has 1 aliphatic rings. The lowest BCUT2D eigenvalue weighted by molar-refractivity contribution is 0.0704. The highest BCUT2D eigenvalue weighted by Crippen LogP contribution is 2.23. The minimum absolute atomic E-state index is 0.0602. The molecule has 0 aliphatic carbocycles. The molecule has 1 fully saturated rings. The molecule has 122 valence electrons. The summed E-state index contributed by atoms with van der Waals surface area (Å²) in [6.45, 7) is 4.52. The van der Waals surface area contributed by atoms with Gasteiger partial charge in [0, 0.05) is 24.8 Å². The smallest absolute Gasteiger partial charge is 0.254 e. The second-order valence-corrected chi connectivity index (χ2v) is 6.82. The summed E-state index contributed by atoms with van der Waals surface area (Å²) in [4.78, 5) is 14.5. The number of aliphatic hydroxyl groups is 2. The van der Waals surface area contributed by atoms with Crippen LogP contribution in [0.15, 0.2) is 24.3 Å². The third kappa shape index (κ3) is 4.55. The maximum absolute atomic E-state index is 12.6. The Morgan fingerprint density at radius 1 is 1.32 bits per heavy atom. The molecular weight excluding hydrogens is 278 g/mol. The summed E-state index contributed by atoms with van der Waals surface area (Å²) in [5.74, 6) is 0.0602. The first-order chi connectivity index (χ1) is 10.4. The number of amides is 1. The Morgan fingerprint density at radius 2 is 2.00 bits per heavy atom. The lowest BCUT2D eigenvalue weighted by Gasteiger charge is -2.24. The van der Waals surface area contributed by atoms with Gasteiger partial charge in [-0.25, -0.2) is 0 Å². The standard InChI is InChI=1S/C18H27NO3/c1-18(2,22)11-9-14-5-7-15(8-6-14)17(21)19-12-3-4-16(19)10-13-20/h5-8,16,20,22H,3-4,9-13H2,1-2H3. The molecule has 2 rings (SSSR count). The highest BCUT2D eigenvalue weighted by atomic mass is 16.3. The van der Waals surface area contributed by atoms with E-state index < -0.39 is 5.60 Å². The molecule has 0 aromatic heterocycles. The Labute approximate surface area is 132 Å². The predicted molar refractivity (Wildman–Crippen MR) is 86.8 cm³/mol. The van der Waals surface area contributed by atoms with Gasteiger partial charge in [-0.05, 0) is 63.6 Å². The summed E-state index contributed by atoms with van der Waals surface area (Å²) in [7, 11) is 0. The lowest BCUT2D eigenvalue weighted by atomic mass is 9.98. The topological polar surface area (TPSA) is 60.8 Å². The van der Waals surface area contributed by atoms with Crippen LogP contribution in [-0.4, -0.2) is 45.8 Å². The van der Waals surface area contributed by atoms with Crippen molar-refractivity contribution in [1.29, 1.82) is 0 Å². The van der Waals surface area contributed by atoms with Crippen molar-refractivity contribution in [1.82, 2.24) is 4.90 Å². The molecule has 0 saturated carbocycles. The van der Waals surface area contributed by atoms with E-state index in [2.05, 4.69) is 0 Å². The third-order valence-electron chi connectivity index (χ3n) is 4.33. The largest absolute Gasteiger partial charge is 0.396 e. The number of carbonyl (C=O) groups is 1. The quantitative estimate of drug-likeness (QED) is 0.848. The Kier molecular flexibility index (Phi) is 5.59. The predicted octanol–water partition coefficient (Wildman–Crippen LogP) is 2.38. The van der Waals surface area contributed by atoms with Gasteiger partial charge in [0.25, 0.3) is 5.91 Å². The van der Waals surface area contributed by atoms with Crippen molar-refractivity contribution in [3.8, 4) is 0 Å². The summed E-state index contributed by atoms with van der Waals surface area (Å²) < 4.78 is 0. The number of benzene rings is 1. The van der Waals surface area contributed by atoms with Crippen molar-refractivity contribution in [2.45, 2.75) is 57.6 Å². The second-order valence-electron chi connectivity index (χ2n) is 6.82. The molecule has 1 atom stereocenters. The van der Waals surface area contributed by atoms with Gasteiger partial charge in [0.15, 0.2) is 0 Å². The molecule has 1 heterocycles. The Bertz CT molecular complexity index is 490.